The first-order valence-corrected chi connectivity index (χ1v) is 25.7. The minimum Gasteiger partial charge on any atom is -0.507 e. The number of nitrogens with zero attached hydrogens (tertiary/aromatic N) is 4. The lowest BCUT2D eigenvalue weighted by Crippen LogP contribution is -2.47. The van der Waals surface area contributed by atoms with Crippen molar-refractivity contribution in [3.8, 4) is 23.0 Å². The molecule has 2 fully saturated rings. The quantitative estimate of drug-likeness (QED) is 0.0984. The molecule has 1 aromatic heterocycles. The number of halogens is 1. The molecule has 4 aromatic rings. The average Bonchev–Trinajstić information content (AvgIpc) is 4.26. The number of ether oxygens (including phenoxy) is 5. The molecule has 77 heavy (non-hydrogen) atoms. The first kappa shape index (κ1) is 54.4. The first-order chi connectivity index (χ1) is 36.4. The lowest BCUT2D eigenvalue weighted by atomic mass is 9.78. The van der Waals surface area contributed by atoms with E-state index in [2.05, 4.69) is 10.3 Å². The number of hydrogen-bond acceptors (Lipinski definition) is 17. The summed E-state index contributed by atoms with van der Waals surface area (Å²) in [6, 6.07) is 0.915. The van der Waals surface area contributed by atoms with Gasteiger partial charge in [0.25, 0.3) is 11.7 Å². The number of phenols is 2. The Kier molecular flexibility index (Phi) is 14.3. The molecular formula is C56H64FN5O15. The van der Waals surface area contributed by atoms with Gasteiger partial charge in [0, 0.05) is 99.3 Å². The SMILES string of the molecule is COc1c(N2CCC3(CC2)N=c2c(c4c5c6c(C)c(O)c4c(O)c2=NC(=O)C(C)=CC=C[C@H](C)[C@H](O)[C@@H](C)[C@@H](O)[C@@H](C)[C@H](OC(C)=O)[C@H](C)[C@@H](OC)C=CO[C@@](C)(O6)C5=O)N3)c(F)cc2c(=O)c(C(=O)O)cn(C3CC3)c12. The number of pyridine rings is 1. The molecule has 0 unspecified atom stereocenters. The number of aromatic nitrogens is 1. The molecule has 1 aliphatic carbocycles. The van der Waals surface area contributed by atoms with E-state index in [0.717, 1.165) is 18.9 Å². The van der Waals surface area contributed by atoms with E-state index in [-0.39, 0.29) is 104 Å². The summed E-state index contributed by atoms with van der Waals surface area (Å²) >= 11 is 0. The van der Waals surface area contributed by atoms with E-state index in [1.165, 1.54) is 66.5 Å². The summed E-state index contributed by atoms with van der Waals surface area (Å²) in [7, 11) is 2.78. The summed E-state index contributed by atoms with van der Waals surface area (Å²) in [5.41, 5.74) is -2.07. The summed E-state index contributed by atoms with van der Waals surface area (Å²) in [5.74, 6) is -10.3. The van der Waals surface area contributed by atoms with Gasteiger partial charge in [0.15, 0.2) is 17.3 Å². The molecule has 3 aromatic carbocycles. The minimum absolute atomic E-state index is 0.000958. The number of benzene rings is 3. The number of nitrogens with one attached hydrogen (secondary N) is 1. The van der Waals surface area contributed by atoms with Crippen LogP contribution >= 0.6 is 0 Å². The summed E-state index contributed by atoms with van der Waals surface area (Å²) in [4.78, 5) is 78.5. The first-order valence-electron chi connectivity index (χ1n) is 25.7. The normalized spacial score (nSPS) is 27.4. The molecule has 1 saturated carbocycles. The minimum atomic E-state index is -2.08. The second kappa shape index (κ2) is 20.2. The number of phenolic OH excluding ortho intramolecular Hbond substituents is 2. The van der Waals surface area contributed by atoms with E-state index < -0.39 is 111 Å². The lowest BCUT2D eigenvalue weighted by Gasteiger charge is -2.39. The number of aromatic carboxylic acids is 1. The second-order valence-corrected chi connectivity index (χ2v) is 21.2. The van der Waals surface area contributed by atoms with Crippen LogP contribution in [0.3, 0.4) is 0 Å². The third kappa shape index (κ3) is 9.24. The Balaban J connectivity index is 1.17. The molecule has 9 atom stereocenters. The Morgan fingerprint density at radius 2 is 1.62 bits per heavy atom. The van der Waals surface area contributed by atoms with Gasteiger partial charge >= 0.3 is 17.7 Å². The number of aliphatic hydroxyl groups excluding tert-OH is 2. The maximum absolute atomic E-state index is 16.5. The fourth-order valence-corrected chi connectivity index (χ4v) is 11.4. The number of Topliss-reactive ketones (excluding diaryl/α,β-unsaturated/α-hetero) is 1. The van der Waals surface area contributed by atoms with E-state index in [0.29, 0.717) is 0 Å². The molecule has 6 aliphatic rings. The number of aromatic hydroxyl groups is 2. The number of carbonyl (C=O) groups is 4. The van der Waals surface area contributed by atoms with Crippen molar-refractivity contribution < 1.29 is 72.8 Å². The van der Waals surface area contributed by atoms with Crippen LogP contribution in [0.4, 0.5) is 15.8 Å². The third-order valence-corrected chi connectivity index (χ3v) is 16.1. The fraction of sp³-hybridized carbons (Fsp3) is 0.482. The van der Waals surface area contributed by atoms with Gasteiger partial charge in [-0.25, -0.2) is 14.2 Å². The maximum Gasteiger partial charge on any atom is 0.341 e. The average molecular weight is 1070 g/mol. The van der Waals surface area contributed by atoms with Crippen LogP contribution in [0.1, 0.15) is 106 Å². The van der Waals surface area contributed by atoms with E-state index in [1.807, 2.05) is 0 Å². The number of amides is 1. The second-order valence-electron chi connectivity index (χ2n) is 21.2. The van der Waals surface area contributed by atoms with Crippen molar-refractivity contribution in [1.29, 1.82) is 0 Å². The van der Waals surface area contributed by atoms with Crippen LogP contribution in [-0.2, 0) is 23.8 Å². The molecular weight excluding hydrogens is 1000 g/mol. The van der Waals surface area contributed by atoms with Gasteiger partial charge < -0.3 is 64.0 Å². The van der Waals surface area contributed by atoms with Gasteiger partial charge in [0.05, 0.1) is 59.2 Å². The molecule has 6 N–H and O–H groups in total. The third-order valence-electron chi connectivity index (χ3n) is 16.1. The summed E-state index contributed by atoms with van der Waals surface area (Å²) in [6.07, 6.45) is 6.33. The van der Waals surface area contributed by atoms with Crippen LogP contribution < -0.4 is 35.8 Å². The highest BCUT2D eigenvalue weighted by atomic mass is 19.1. The lowest BCUT2D eigenvalue weighted by molar-refractivity contribution is -0.160. The number of carboxylic acid groups (broad SMARTS) is 1. The van der Waals surface area contributed by atoms with Gasteiger partial charge in [-0.2, -0.15) is 0 Å². The predicted octanol–water partition coefficient (Wildman–Crippen LogP) is 5.79. The smallest absolute Gasteiger partial charge is 0.341 e. The Bertz CT molecular complexity index is 3450. The Morgan fingerprint density at radius 3 is 2.25 bits per heavy atom. The van der Waals surface area contributed by atoms with Crippen LogP contribution in [0.15, 0.2) is 63.2 Å². The zero-order valence-electron chi connectivity index (χ0n) is 44.5. The zero-order chi connectivity index (χ0) is 55.9. The number of esters is 1. The van der Waals surface area contributed by atoms with E-state index in [1.54, 1.807) is 49.3 Å². The number of piperidine rings is 1. The van der Waals surface area contributed by atoms with Crippen molar-refractivity contribution in [2.75, 3.05) is 37.5 Å². The highest BCUT2D eigenvalue weighted by Crippen LogP contribution is 2.52. The van der Waals surface area contributed by atoms with Crippen molar-refractivity contribution in [3.63, 3.8) is 0 Å². The van der Waals surface area contributed by atoms with E-state index in [9.17, 15) is 44.7 Å². The Hall–Kier alpha value is -7.36. The number of ketones is 1. The van der Waals surface area contributed by atoms with Crippen LogP contribution in [0, 0.1) is 36.4 Å². The number of fused-ring (bicyclic) bond motifs is 14. The molecule has 10 rings (SSSR count). The summed E-state index contributed by atoms with van der Waals surface area (Å²) in [5, 5.41) is 60.2. The van der Waals surface area contributed by atoms with E-state index in [4.69, 9.17) is 28.7 Å². The van der Waals surface area contributed by atoms with Crippen molar-refractivity contribution >= 4 is 56.7 Å². The van der Waals surface area contributed by atoms with E-state index >= 15 is 9.18 Å². The van der Waals surface area contributed by atoms with Crippen LogP contribution in [0.5, 0.6) is 23.0 Å². The standard InChI is InChI=1S/C56H64FN5O15/c1-24-12-11-13-25(2)53(70)58-41-40-39(59-56(60-40)17-19-61(20-18-56)43-34(57)22-32-42(51(43)74-10)62(31-14-15-31)23-33(47(32)67)54(71)72)36-37(48(41)68)46(66)29(6)50-38(36)52(69)55(8,77-50)75-21-16-35(73-9)26(3)49(76-30(7)63)28(5)45(65)27(4)44(24)64/h11-13,16,21-24,26-28,31,35,44-45,49,59,64-66,68H,14-15,17-20H2,1-10H3,(H,71,72)/t24-,26+,27+,28+,35-,44-,45+,49+,55-/m0/s1. The molecule has 5 aliphatic heterocycles. The van der Waals surface area contributed by atoms with Gasteiger partial charge in [-0.3, -0.25) is 24.2 Å². The van der Waals surface area contributed by atoms with Crippen molar-refractivity contribution in [2.24, 2.45) is 33.7 Å². The molecule has 21 heteroatoms. The van der Waals surface area contributed by atoms with Gasteiger partial charge in [-0.15, -0.1) is 0 Å². The maximum atomic E-state index is 16.5. The number of methoxy groups -OCH3 is 2. The Labute approximate surface area is 441 Å². The molecule has 1 saturated heterocycles. The monoisotopic (exact) mass is 1070 g/mol. The summed E-state index contributed by atoms with van der Waals surface area (Å²) < 4.78 is 48.2. The topological polar surface area (TPSA) is 278 Å². The number of allylic oxidation sites excluding steroid dienone is 2. The largest absolute Gasteiger partial charge is 0.507 e. The molecule has 6 heterocycles. The molecule has 1 spiro atoms. The number of hydrogen-bond donors (Lipinski definition) is 6. The predicted molar refractivity (Wildman–Crippen MR) is 279 cm³/mol. The van der Waals surface area contributed by atoms with Crippen molar-refractivity contribution in [3.05, 3.63) is 91.8 Å². The van der Waals surface area contributed by atoms with Crippen molar-refractivity contribution in [2.45, 2.75) is 123 Å². The molecule has 410 valence electrons. The number of carboxylic acids is 1. The number of aliphatic hydroxyl groups is 2. The highest BCUT2D eigenvalue weighted by Gasteiger charge is 2.51. The van der Waals surface area contributed by atoms with Gasteiger partial charge in [-0.1, -0.05) is 45.9 Å². The van der Waals surface area contributed by atoms with Crippen LogP contribution in [-0.4, -0.2) is 117 Å². The Morgan fingerprint density at radius 1 is 0.935 bits per heavy atom. The zero-order valence-corrected chi connectivity index (χ0v) is 44.5. The van der Waals surface area contributed by atoms with Crippen LogP contribution in [0.2, 0.25) is 0 Å². The fourth-order valence-electron chi connectivity index (χ4n) is 11.4. The van der Waals surface area contributed by atoms with Gasteiger partial charge in [0.2, 0.25) is 5.43 Å². The number of carbonyl (C=O) groups excluding carboxylic acids is 3. The van der Waals surface area contributed by atoms with Gasteiger partial charge in [-0.05, 0) is 38.8 Å². The molecule has 1 amide bonds. The molecule has 20 nitrogen and oxygen atoms in total. The highest BCUT2D eigenvalue weighted by molar-refractivity contribution is 6.21. The van der Waals surface area contributed by atoms with Crippen molar-refractivity contribution in [1.82, 2.24) is 4.57 Å². The number of rotatable bonds is 6. The molecule has 5 bridgehead atoms. The van der Waals surface area contributed by atoms with Gasteiger partial charge in [0.1, 0.15) is 45.2 Å². The summed E-state index contributed by atoms with van der Waals surface area (Å²) in [6.45, 7) is 12.7. The molecule has 0 radical (unpaired) electrons. The number of anilines is 2. The van der Waals surface area contributed by atoms with Crippen LogP contribution in [0.25, 0.3) is 21.7 Å².